The molecule has 0 radical (unpaired) electrons. The highest BCUT2D eigenvalue weighted by Crippen LogP contribution is 2.17. The minimum absolute atomic E-state index is 0.000807. The van der Waals surface area contributed by atoms with Gasteiger partial charge in [0.15, 0.2) is 12.4 Å². The van der Waals surface area contributed by atoms with E-state index in [2.05, 4.69) is 10.1 Å². The summed E-state index contributed by atoms with van der Waals surface area (Å²) in [7, 11) is 1.74. The lowest BCUT2D eigenvalue weighted by atomic mass is 10.1. The number of carbonyl (C=O) groups excluding carboxylic acids is 1. The molecule has 0 saturated heterocycles. The van der Waals surface area contributed by atoms with Crippen molar-refractivity contribution in [2.24, 2.45) is 0 Å². The second-order valence-electron chi connectivity index (χ2n) is 6.55. The Morgan fingerprint density at radius 2 is 1.89 bits per heavy atom. The largest absolute Gasteiger partial charge is 0.484 e. The Kier molecular flexibility index (Phi) is 5.86. The van der Waals surface area contributed by atoms with Crippen LogP contribution in [0, 0.1) is 13.8 Å². The van der Waals surface area contributed by atoms with Crippen LogP contribution in [0.3, 0.4) is 0 Å². The van der Waals surface area contributed by atoms with Gasteiger partial charge in [-0.15, -0.1) is 0 Å². The van der Waals surface area contributed by atoms with Crippen LogP contribution in [0.4, 0.5) is 0 Å². The summed E-state index contributed by atoms with van der Waals surface area (Å²) in [5.74, 6) is 1.66. The molecule has 0 unspecified atom stereocenters. The van der Waals surface area contributed by atoms with E-state index in [-0.39, 0.29) is 12.5 Å². The average Bonchev–Trinajstić information content (AvgIpc) is 3.14. The first kappa shape index (κ1) is 18.6. The Morgan fingerprint density at radius 1 is 1.11 bits per heavy atom. The van der Waals surface area contributed by atoms with Crippen molar-refractivity contribution in [2.45, 2.75) is 20.3 Å². The van der Waals surface area contributed by atoms with Crippen LogP contribution in [0.25, 0.3) is 11.5 Å². The first-order valence-corrected chi connectivity index (χ1v) is 8.84. The van der Waals surface area contributed by atoms with E-state index >= 15 is 0 Å². The van der Waals surface area contributed by atoms with Crippen LogP contribution in [-0.4, -0.2) is 41.1 Å². The number of aryl methyl sites for hydroxylation is 2. The molecule has 0 aliphatic rings. The standard InChI is InChI=1S/C21H23N3O3/c1-15-7-9-17(10-8-15)21-22-19(23-27-21)11-12-24(3)20(25)14-26-18-6-4-5-16(2)13-18/h4-10,13H,11-12,14H2,1-3H3. The molecule has 0 bridgehead atoms. The number of amides is 1. The molecular formula is C21H23N3O3. The van der Waals surface area contributed by atoms with Gasteiger partial charge in [0.1, 0.15) is 5.75 Å². The fourth-order valence-corrected chi connectivity index (χ4v) is 2.52. The van der Waals surface area contributed by atoms with Gasteiger partial charge in [0, 0.05) is 25.6 Å². The van der Waals surface area contributed by atoms with Crippen molar-refractivity contribution in [1.29, 1.82) is 0 Å². The summed E-state index contributed by atoms with van der Waals surface area (Å²) in [6, 6.07) is 15.5. The third-order valence-corrected chi connectivity index (χ3v) is 4.22. The van der Waals surface area contributed by atoms with Gasteiger partial charge in [-0.05, 0) is 43.7 Å². The van der Waals surface area contributed by atoms with Crippen LogP contribution in [0.1, 0.15) is 17.0 Å². The fraction of sp³-hybridized carbons (Fsp3) is 0.286. The quantitative estimate of drug-likeness (QED) is 0.642. The van der Waals surface area contributed by atoms with Gasteiger partial charge in [-0.2, -0.15) is 4.98 Å². The topological polar surface area (TPSA) is 68.5 Å². The average molecular weight is 365 g/mol. The van der Waals surface area contributed by atoms with Crippen molar-refractivity contribution in [1.82, 2.24) is 15.0 Å². The molecule has 3 rings (SSSR count). The van der Waals surface area contributed by atoms with E-state index in [9.17, 15) is 4.79 Å². The molecule has 1 heterocycles. The van der Waals surface area contributed by atoms with E-state index in [1.807, 2.05) is 62.4 Å². The maximum atomic E-state index is 12.2. The Balaban J connectivity index is 1.49. The highest BCUT2D eigenvalue weighted by molar-refractivity contribution is 5.77. The van der Waals surface area contributed by atoms with Gasteiger partial charge in [0.05, 0.1) is 0 Å². The smallest absolute Gasteiger partial charge is 0.260 e. The summed E-state index contributed by atoms with van der Waals surface area (Å²) in [4.78, 5) is 18.2. The fourth-order valence-electron chi connectivity index (χ4n) is 2.52. The maximum absolute atomic E-state index is 12.2. The van der Waals surface area contributed by atoms with Gasteiger partial charge in [-0.25, -0.2) is 0 Å². The molecular weight excluding hydrogens is 342 g/mol. The van der Waals surface area contributed by atoms with E-state index in [4.69, 9.17) is 9.26 Å². The van der Waals surface area contributed by atoms with E-state index in [0.29, 0.717) is 30.4 Å². The van der Waals surface area contributed by atoms with Gasteiger partial charge < -0.3 is 14.2 Å². The third kappa shape index (κ3) is 5.17. The van der Waals surface area contributed by atoms with Crippen LogP contribution < -0.4 is 4.74 Å². The zero-order chi connectivity index (χ0) is 19.2. The van der Waals surface area contributed by atoms with Crippen LogP contribution >= 0.6 is 0 Å². The number of rotatable bonds is 7. The molecule has 0 aliphatic heterocycles. The molecule has 6 heteroatoms. The molecule has 0 saturated carbocycles. The molecule has 1 amide bonds. The first-order chi connectivity index (χ1) is 13.0. The van der Waals surface area contributed by atoms with Crippen molar-refractivity contribution >= 4 is 5.91 Å². The number of hydrogen-bond acceptors (Lipinski definition) is 5. The summed E-state index contributed by atoms with van der Waals surface area (Å²) in [5.41, 5.74) is 3.15. The summed E-state index contributed by atoms with van der Waals surface area (Å²) < 4.78 is 10.9. The van der Waals surface area contributed by atoms with Crippen LogP contribution in [0.15, 0.2) is 53.1 Å². The maximum Gasteiger partial charge on any atom is 0.260 e. The van der Waals surface area contributed by atoms with Crippen molar-refractivity contribution in [3.05, 3.63) is 65.5 Å². The van der Waals surface area contributed by atoms with E-state index in [0.717, 1.165) is 11.1 Å². The second-order valence-corrected chi connectivity index (χ2v) is 6.55. The number of carbonyl (C=O) groups is 1. The SMILES string of the molecule is Cc1ccc(-c2nc(CCN(C)C(=O)COc3cccc(C)c3)no2)cc1. The van der Waals surface area contributed by atoms with Crippen molar-refractivity contribution < 1.29 is 14.1 Å². The molecule has 27 heavy (non-hydrogen) atoms. The molecule has 0 N–H and O–H groups in total. The van der Waals surface area contributed by atoms with E-state index in [1.165, 1.54) is 5.56 Å². The number of benzene rings is 2. The van der Waals surface area contributed by atoms with Crippen LogP contribution in [-0.2, 0) is 11.2 Å². The minimum Gasteiger partial charge on any atom is -0.484 e. The predicted molar refractivity (Wildman–Crippen MR) is 102 cm³/mol. The van der Waals surface area contributed by atoms with Gasteiger partial charge in [-0.3, -0.25) is 4.79 Å². The molecule has 2 aromatic carbocycles. The number of hydrogen-bond donors (Lipinski definition) is 0. The minimum atomic E-state index is -0.0984. The Bertz CT molecular complexity index is 903. The van der Waals surface area contributed by atoms with Crippen LogP contribution in [0.5, 0.6) is 5.75 Å². The Hall–Kier alpha value is -3.15. The van der Waals surface area contributed by atoms with Crippen molar-refractivity contribution in [2.75, 3.05) is 20.2 Å². The number of nitrogens with zero attached hydrogens (tertiary/aromatic N) is 3. The third-order valence-electron chi connectivity index (χ3n) is 4.22. The van der Waals surface area contributed by atoms with Crippen molar-refractivity contribution in [3.8, 4) is 17.2 Å². The summed E-state index contributed by atoms with van der Waals surface area (Å²) in [6.07, 6.45) is 0.516. The van der Waals surface area contributed by atoms with Gasteiger partial charge in [0.25, 0.3) is 11.8 Å². The highest BCUT2D eigenvalue weighted by Gasteiger charge is 2.13. The zero-order valence-corrected chi connectivity index (χ0v) is 15.8. The number of ether oxygens (including phenoxy) is 1. The molecule has 1 aromatic heterocycles. The first-order valence-electron chi connectivity index (χ1n) is 8.84. The Morgan fingerprint density at radius 3 is 2.63 bits per heavy atom. The highest BCUT2D eigenvalue weighted by atomic mass is 16.5. The second kappa shape index (κ2) is 8.49. The van der Waals surface area contributed by atoms with Crippen molar-refractivity contribution in [3.63, 3.8) is 0 Å². The lowest BCUT2D eigenvalue weighted by molar-refractivity contribution is -0.132. The molecule has 140 valence electrons. The van der Waals surface area contributed by atoms with E-state index < -0.39 is 0 Å². The van der Waals surface area contributed by atoms with Gasteiger partial charge in [-0.1, -0.05) is 35.0 Å². The lowest BCUT2D eigenvalue weighted by Crippen LogP contribution is -2.33. The molecule has 0 aliphatic carbocycles. The molecule has 0 atom stereocenters. The number of likely N-dealkylation sites (N-methyl/N-ethyl adjacent to an activating group) is 1. The predicted octanol–water partition coefficient (Wildman–Crippen LogP) is 3.43. The van der Waals surface area contributed by atoms with E-state index in [1.54, 1.807) is 11.9 Å². The molecule has 0 spiro atoms. The molecule has 6 nitrogen and oxygen atoms in total. The summed E-state index contributed by atoms with van der Waals surface area (Å²) in [6.45, 7) is 4.50. The normalized spacial score (nSPS) is 10.6. The Labute approximate surface area is 158 Å². The number of aromatic nitrogens is 2. The molecule has 0 fully saturated rings. The lowest BCUT2D eigenvalue weighted by Gasteiger charge is -2.16. The van der Waals surface area contributed by atoms with Crippen LogP contribution in [0.2, 0.25) is 0 Å². The zero-order valence-electron chi connectivity index (χ0n) is 15.8. The van der Waals surface area contributed by atoms with Gasteiger partial charge >= 0.3 is 0 Å². The monoisotopic (exact) mass is 365 g/mol. The van der Waals surface area contributed by atoms with Gasteiger partial charge in [0.2, 0.25) is 0 Å². The summed E-state index contributed by atoms with van der Waals surface area (Å²) >= 11 is 0. The summed E-state index contributed by atoms with van der Waals surface area (Å²) in [5, 5.41) is 3.99. The molecule has 3 aromatic rings.